The molecule has 4 heterocycles. The number of benzene rings is 1. The number of hydrogen-bond donors (Lipinski definition) is 0. The van der Waals surface area contributed by atoms with E-state index >= 15 is 0 Å². The van der Waals surface area contributed by atoms with Crippen LogP contribution in [-0.4, -0.2) is 31.3 Å². The third kappa shape index (κ3) is 2.69. The van der Waals surface area contributed by atoms with Crippen molar-refractivity contribution in [2.24, 2.45) is 0 Å². The number of fused-ring (bicyclic) bond motifs is 2. The van der Waals surface area contributed by atoms with Crippen molar-refractivity contribution in [1.82, 2.24) is 24.7 Å². The highest BCUT2D eigenvalue weighted by atomic mass is 32.1. The first-order valence-corrected chi connectivity index (χ1v) is 10.6. The SMILES string of the molecule is CC(C)c1nnc2n1CCN(c1nc(-c3ccsc3)nc3ccccc13)C2C. The van der Waals surface area contributed by atoms with Gasteiger partial charge < -0.3 is 9.47 Å². The van der Waals surface area contributed by atoms with Gasteiger partial charge in [0.25, 0.3) is 0 Å². The molecule has 5 rings (SSSR count). The summed E-state index contributed by atoms with van der Waals surface area (Å²) in [6.07, 6.45) is 0. The van der Waals surface area contributed by atoms with E-state index in [1.165, 1.54) is 0 Å². The van der Waals surface area contributed by atoms with Crippen LogP contribution in [0.3, 0.4) is 0 Å². The molecule has 0 radical (unpaired) electrons. The lowest BCUT2D eigenvalue weighted by Crippen LogP contribution is -2.38. The number of hydrogen-bond acceptors (Lipinski definition) is 6. The van der Waals surface area contributed by atoms with Crippen molar-refractivity contribution in [2.75, 3.05) is 11.4 Å². The maximum Gasteiger partial charge on any atom is 0.162 e. The van der Waals surface area contributed by atoms with Gasteiger partial charge in [0.05, 0.1) is 11.6 Å². The molecule has 1 unspecified atom stereocenters. The van der Waals surface area contributed by atoms with Crippen LogP contribution in [0.25, 0.3) is 22.3 Å². The van der Waals surface area contributed by atoms with Crippen molar-refractivity contribution < 1.29 is 0 Å². The zero-order valence-electron chi connectivity index (χ0n) is 16.2. The van der Waals surface area contributed by atoms with E-state index < -0.39 is 0 Å². The molecule has 142 valence electrons. The Morgan fingerprint density at radius 1 is 1.07 bits per heavy atom. The van der Waals surface area contributed by atoms with Crippen molar-refractivity contribution in [2.45, 2.75) is 39.3 Å². The molecule has 0 saturated heterocycles. The van der Waals surface area contributed by atoms with Crippen LogP contribution in [0, 0.1) is 0 Å². The van der Waals surface area contributed by atoms with Gasteiger partial charge in [-0.1, -0.05) is 26.0 Å². The van der Waals surface area contributed by atoms with Crippen molar-refractivity contribution in [3.63, 3.8) is 0 Å². The van der Waals surface area contributed by atoms with Gasteiger partial charge in [-0.05, 0) is 30.5 Å². The predicted molar refractivity (Wildman–Crippen MR) is 113 cm³/mol. The summed E-state index contributed by atoms with van der Waals surface area (Å²) in [6.45, 7) is 8.26. The van der Waals surface area contributed by atoms with E-state index in [0.29, 0.717) is 5.92 Å². The molecule has 1 atom stereocenters. The molecule has 0 spiro atoms. The summed E-state index contributed by atoms with van der Waals surface area (Å²) in [6, 6.07) is 10.4. The summed E-state index contributed by atoms with van der Waals surface area (Å²) in [5.41, 5.74) is 2.03. The fourth-order valence-corrected chi connectivity index (χ4v) is 4.56. The quantitative estimate of drug-likeness (QED) is 0.509. The van der Waals surface area contributed by atoms with E-state index in [9.17, 15) is 0 Å². The van der Waals surface area contributed by atoms with E-state index in [-0.39, 0.29) is 6.04 Å². The Labute approximate surface area is 167 Å². The largest absolute Gasteiger partial charge is 0.344 e. The van der Waals surface area contributed by atoms with Crippen molar-refractivity contribution in [3.8, 4) is 11.4 Å². The van der Waals surface area contributed by atoms with Crippen LogP contribution in [0.5, 0.6) is 0 Å². The first-order chi connectivity index (χ1) is 13.6. The van der Waals surface area contributed by atoms with E-state index in [1.807, 2.05) is 12.1 Å². The minimum absolute atomic E-state index is 0.0994. The summed E-state index contributed by atoms with van der Waals surface area (Å²) in [5, 5.41) is 14.2. The van der Waals surface area contributed by atoms with Crippen LogP contribution in [0.1, 0.15) is 44.4 Å². The van der Waals surface area contributed by atoms with Crippen LogP contribution < -0.4 is 4.90 Å². The molecular weight excluding hydrogens is 368 g/mol. The highest BCUT2D eigenvalue weighted by Crippen LogP contribution is 2.35. The molecule has 0 bridgehead atoms. The van der Waals surface area contributed by atoms with Crippen LogP contribution >= 0.6 is 11.3 Å². The lowest BCUT2D eigenvalue weighted by molar-refractivity contribution is 0.478. The Morgan fingerprint density at radius 3 is 2.71 bits per heavy atom. The van der Waals surface area contributed by atoms with E-state index in [1.54, 1.807) is 11.3 Å². The Bertz CT molecular complexity index is 1130. The summed E-state index contributed by atoms with van der Waals surface area (Å²) in [5.74, 6) is 4.18. The number of nitrogens with zero attached hydrogens (tertiary/aromatic N) is 6. The summed E-state index contributed by atoms with van der Waals surface area (Å²) in [7, 11) is 0. The first kappa shape index (κ1) is 17.3. The number of thiophene rings is 1. The lowest BCUT2D eigenvalue weighted by atomic mass is 10.1. The third-order valence-corrected chi connectivity index (χ3v) is 6.05. The van der Waals surface area contributed by atoms with Crippen LogP contribution in [0.4, 0.5) is 5.82 Å². The molecule has 1 aromatic carbocycles. The number of para-hydroxylation sites is 1. The van der Waals surface area contributed by atoms with Crippen molar-refractivity contribution in [3.05, 3.63) is 52.7 Å². The highest BCUT2D eigenvalue weighted by molar-refractivity contribution is 7.08. The lowest BCUT2D eigenvalue weighted by Gasteiger charge is -2.35. The molecule has 0 N–H and O–H groups in total. The molecule has 0 saturated carbocycles. The number of aromatic nitrogens is 5. The van der Waals surface area contributed by atoms with Crippen molar-refractivity contribution >= 4 is 28.1 Å². The standard InChI is InChI=1S/C21H22N6S/c1-13(2)19-24-25-20-14(3)26(9-10-27(19)20)21-16-6-4-5-7-17(16)22-18(23-21)15-8-11-28-12-15/h4-8,11-14H,9-10H2,1-3H3. The summed E-state index contributed by atoms with van der Waals surface area (Å²) < 4.78 is 2.27. The monoisotopic (exact) mass is 390 g/mol. The number of rotatable bonds is 3. The molecule has 0 aliphatic carbocycles. The second kappa shape index (κ2) is 6.67. The average Bonchev–Trinajstić information content (AvgIpc) is 3.38. The second-order valence-corrected chi connectivity index (χ2v) is 8.27. The molecule has 4 aromatic rings. The van der Waals surface area contributed by atoms with Crippen LogP contribution in [0.15, 0.2) is 41.1 Å². The summed E-state index contributed by atoms with van der Waals surface area (Å²) >= 11 is 1.66. The van der Waals surface area contributed by atoms with Gasteiger partial charge in [-0.15, -0.1) is 10.2 Å². The second-order valence-electron chi connectivity index (χ2n) is 7.49. The summed E-state index contributed by atoms with van der Waals surface area (Å²) in [4.78, 5) is 12.1. The Balaban J connectivity index is 1.64. The van der Waals surface area contributed by atoms with Gasteiger partial charge in [0.2, 0.25) is 0 Å². The normalized spacial score (nSPS) is 16.7. The van der Waals surface area contributed by atoms with Crippen molar-refractivity contribution in [1.29, 1.82) is 0 Å². The molecular formula is C21H22N6S. The fraction of sp³-hybridized carbons (Fsp3) is 0.333. The van der Waals surface area contributed by atoms with Gasteiger partial charge in [-0.2, -0.15) is 11.3 Å². The molecule has 28 heavy (non-hydrogen) atoms. The zero-order chi connectivity index (χ0) is 19.3. The average molecular weight is 391 g/mol. The van der Waals surface area contributed by atoms with Gasteiger partial charge in [-0.25, -0.2) is 9.97 Å². The molecule has 7 heteroatoms. The predicted octanol–water partition coefficient (Wildman–Crippen LogP) is 4.65. The fourth-order valence-electron chi connectivity index (χ4n) is 3.92. The molecule has 1 aliphatic heterocycles. The maximum absolute atomic E-state index is 5.00. The topological polar surface area (TPSA) is 59.7 Å². The van der Waals surface area contributed by atoms with Gasteiger partial charge in [-0.3, -0.25) is 0 Å². The van der Waals surface area contributed by atoms with Gasteiger partial charge in [0.15, 0.2) is 11.6 Å². The maximum atomic E-state index is 5.00. The van der Waals surface area contributed by atoms with Gasteiger partial charge >= 0.3 is 0 Å². The first-order valence-electron chi connectivity index (χ1n) is 9.62. The van der Waals surface area contributed by atoms with E-state index in [2.05, 4.69) is 69.4 Å². The third-order valence-electron chi connectivity index (χ3n) is 5.36. The molecule has 0 amide bonds. The highest BCUT2D eigenvalue weighted by Gasteiger charge is 2.31. The Hall–Kier alpha value is -2.80. The molecule has 3 aromatic heterocycles. The molecule has 1 aliphatic rings. The van der Waals surface area contributed by atoms with Crippen LogP contribution in [0.2, 0.25) is 0 Å². The molecule has 6 nitrogen and oxygen atoms in total. The van der Waals surface area contributed by atoms with E-state index in [4.69, 9.17) is 9.97 Å². The minimum Gasteiger partial charge on any atom is -0.344 e. The molecule has 0 fully saturated rings. The van der Waals surface area contributed by atoms with E-state index in [0.717, 1.165) is 52.8 Å². The van der Waals surface area contributed by atoms with Gasteiger partial charge in [0.1, 0.15) is 11.6 Å². The minimum atomic E-state index is 0.0994. The zero-order valence-corrected chi connectivity index (χ0v) is 17.0. The van der Waals surface area contributed by atoms with Gasteiger partial charge in [0, 0.05) is 35.3 Å². The Kier molecular flexibility index (Phi) is 4.12. The smallest absolute Gasteiger partial charge is 0.162 e. The van der Waals surface area contributed by atoms with Crippen LogP contribution in [-0.2, 0) is 6.54 Å². The number of anilines is 1. The Morgan fingerprint density at radius 2 is 1.93 bits per heavy atom.